The predicted octanol–water partition coefficient (Wildman–Crippen LogP) is 7.29. The van der Waals surface area contributed by atoms with Gasteiger partial charge in [0.1, 0.15) is 11.5 Å². The van der Waals surface area contributed by atoms with Crippen LogP contribution in [0.1, 0.15) is 5.56 Å². The van der Waals surface area contributed by atoms with E-state index in [9.17, 15) is 0 Å². The van der Waals surface area contributed by atoms with Crippen LogP contribution in [0.4, 0.5) is 0 Å². The Kier molecular flexibility index (Phi) is 5.46. The zero-order valence-corrected chi connectivity index (χ0v) is 24.7. The van der Waals surface area contributed by atoms with Crippen LogP contribution >= 0.6 is 0 Å². The van der Waals surface area contributed by atoms with E-state index in [-0.39, 0.29) is 0 Å². The van der Waals surface area contributed by atoms with Gasteiger partial charge in [-0.2, -0.15) is 0 Å². The van der Waals surface area contributed by atoms with Crippen molar-refractivity contribution in [3.05, 3.63) is 140 Å². The van der Waals surface area contributed by atoms with Crippen molar-refractivity contribution < 1.29 is 9.30 Å². The first-order chi connectivity index (χ1) is 22.1. The van der Waals surface area contributed by atoms with E-state index < -0.39 is 0 Å². The average Bonchev–Trinajstić information content (AvgIpc) is 3.84. The Hall–Kier alpha value is -6.15. The van der Waals surface area contributed by atoms with Gasteiger partial charge in [0.2, 0.25) is 18.1 Å². The molecule has 0 aliphatic carbocycles. The van der Waals surface area contributed by atoms with Crippen molar-refractivity contribution in [1.82, 2.24) is 28.1 Å². The average molecular weight is 586 g/mol. The molecule has 0 N–H and O–H groups in total. The lowest BCUT2D eigenvalue weighted by molar-refractivity contribution is -0.649. The summed E-state index contributed by atoms with van der Waals surface area (Å²) < 4.78 is 17.0. The minimum absolute atomic E-state index is 0.715. The topological polar surface area (TPSA) is 58.1 Å². The van der Waals surface area contributed by atoms with Crippen LogP contribution in [0.25, 0.3) is 56.2 Å². The van der Waals surface area contributed by atoms with Gasteiger partial charge in [0.05, 0.1) is 45.8 Å². The van der Waals surface area contributed by atoms with E-state index in [1.165, 1.54) is 0 Å². The van der Waals surface area contributed by atoms with Gasteiger partial charge in [0.25, 0.3) is 0 Å². The van der Waals surface area contributed by atoms with E-state index in [1.54, 1.807) is 0 Å². The van der Waals surface area contributed by atoms with Gasteiger partial charge in [-0.1, -0.05) is 66.7 Å². The Balaban J connectivity index is 1.21. The molecule has 8 heteroatoms. The second-order valence-corrected chi connectivity index (χ2v) is 11.2. The summed E-state index contributed by atoms with van der Waals surface area (Å²) in [5, 5.41) is 0. The standard InChI is InChI=1S/C37H27N7O/c1-25-10-8-17-33-35(25)39-37-43(33)32-19-18-29(23-34(32)44(37)36-38-20-21-41(36)26-11-4-3-5-12-26)45-28-14-9-13-27(22-28)42-24-40(2)30-15-6-7-16-31(30)42/h3-23H,1-2H3. The van der Waals surface area contributed by atoms with Gasteiger partial charge in [0.15, 0.2) is 0 Å². The molecule has 4 heterocycles. The number of hydrogen-bond donors (Lipinski definition) is 0. The van der Waals surface area contributed by atoms with E-state index in [0.717, 1.165) is 67.5 Å². The Labute approximate surface area is 258 Å². The van der Waals surface area contributed by atoms with Crippen LogP contribution in [0.2, 0.25) is 0 Å². The number of aryl methyl sites for hydroxylation is 2. The van der Waals surface area contributed by atoms with Crippen molar-refractivity contribution in [2.24, 2.45) is 7.05 Å². The third kappa shape index (κ3) is 3.89. The fraction of sp³-hybridized carbons (Fsp3) is 0.0541. The number of para-hydroxylation sites is 4. The molecule has 0 spiro atoms. The first-order valence-corrected chi connectivity index (χ1v) is 14.8. The molecule has 0 bridgehead atoms. The highest BCUT2D eigenvalue weighted by Gasteiger charge is 2.21. The predicted molar refractivity (Wildman–Crippen MR) is 175 cm³/mol. The lowest BCUT2D eigenvalue weighted by Crippen LogP contribution is -2.26. The Morgan fingerprint density at radius 2 is 1.49 bits per heavy atom. The lowest BCUT2D eigenvalue weighted by atomic mass is 10.2. The maximum atomic E-state index is 6.53. The molecule has 0 fully saturated rings. The number of nitrogens with zero attached hydrogens (tertiary/aromatic N) is 7. The second-order valence-electron chi connectivity index (χ2n) is 11.2. The molecule has 216 valence electrons. The number of fused-ring (bicyclic) bond motifs is 6. The van der Waals surface area contributed by atoms with E-state index >= 15 is 0 Å². The van der Waals surface area contributed by atoms with E-state index in [4.69, 9.17) is 14.7 Å². The highest BCUT2D eigenvalue weighted by Crippen LogP contribution is 2.34. The van der Waals surface area contributed by atoms with Crippen molar-refractivity contribution in [2.75, 3.05) is 0 Å². The monoisotopic (exact) mass is 585 g/mol. The summed E-state index contributed by atoms with van der Waals surface area (Å²) in [5.41, 5.74) is 9.29. The molecule has 9 aromatic rings. The number of imidazole rings is 4. The molecule has 0 atom stereocenters. The van der Waals surface area contributed by atoms with Gasteiger partial charge in [-0.15, -0.1) is 0 Å². The van der Waals surface area contributed by atoms with Crippen molar-refractivity contribution in [1.29, 1.82) is 0 Å². The van der Waals surface area contributed by atoms with Crippen LogP contribution in [-0.4, -0.2) is 28.1 Å². The molecule has 4 aromatic heterocycles. The number of hydrogen-bond acceptors (Lipinski definition) is 3. The quantitative estimate of drug-likeness (QED) is 0.158. The van der Waals surface area contributed by atoms with Crippen LogP contribution in [0.3, 0.4) is 0 Å². The summed E-state index contributed by atoms with van der Waals surface area (Å²) >= 11 is 0. The molecule has 0 radical (unpaired) electrons. The van der Waals surface area contributed by atoms with Gasteiger partial charge in [-0.3, -0.25) is 8.97 Å². The van der Waals surface area contributed by atoms with Gasteiger partial charge < -0.3 is 13.9 Å². The molecule has 0 amide bonds. The Morgan fingerprint density at radius 1 is 0.711 bits per heavy atom. The van der Waals surface area contributed by atoms with E-state index in [0.29, 0.717) is 5.75 Å². The summed E-state index contributed by atoms with van der Waals surface area (Å²) in [7, 11) is 2.01. The van der Waals surface area contributed by atoms with E-state index in [2.05, 4.69) is 92.0 Å². The lowest BCUT2D eigenvalue weighted by Gasteiger charge is -2.11. The second kappa shape index (κ2) is 9.68. The normalized spacial score (nSPS) is 11.8. The zero-order valence-electron chi connectivity index (χ0n) is 24.7. The van der Waals surface area contributed by atoms with Crippen molar-refractivity contribution in [3.63, 3.8) is 0 Å². The molecule has 9 rings (SSSR count). The highest BCUT2D eigenvalue weighted by molar-refractivity contribution is 5.93. The maximum Gasteiger partial charge on any atom is 0.244 e. The fourth-order valence-electron chi connectivity index (χ4n) is 6.32. The minimum Gasteiger partial charge on any atom is -0.458 e. The van der Waals surface area contributed by atoms with Crippen molar-refractivity contribution in [3.8, 4) is 28.8 Å². The summed E-state index contributed by atoms with van der Waals surface area (Å²) in [4.78, 5) is 9.99. The highest BCUT2D eigenvalue weighted by atomic mass is 16.5. The summed E-state index contributed by atoms with van der Waals surface area (Å²) in [6.45, 7) is 2.10. The molecular weight excluding hydrogens is 558 g/mol. The minimum atomic E-state index is 0.715. The fourth-order valence-corrected chi connectivity index (χ4v) is 6.32. The molecule has 0 aliphatic heterocycles. The third-order valence-corrected chi connectivity index (χ3v) is 8.40. The SMILES string of the molecule is Cc1cccc2c1nc1n(-c3nccn3-c3ccccc3)c3cc(Oc4cccc(-n5[c-][n+](C)c6ccccc65)c4)ccc3n21. The van der Waals surface area contributed by atoms with Crippen LogP contribution in [0, 0.1) is 13.3 Å². The van der Waals surface area contributed by atoms with Crippen molar-refractivity contribution in [2.45, 2.75) is 6.92 Å². The van der Waals surface area contributed by atoms with Crippen LogP contribution in [0.5, 0.6) is 11.5 Å². The maximum absolute atomic E-state index is 6.53. The van der Waals surface area contributed by atoms with Crippen LogP contribution < -0.4 is 9.30 Å². The summed E-state index contributed by atoms with van der Waals surface area (Å²) in [5.74, 6) is 2.98. The molecular formula is C37H27N7O. The summed E-state index contributed by atoms with van der Waals surface area (Å²) in [6, 6.07) is 39.1. The largest absolute Gasteiger partial charge is 0.458 e. The van der Waals surface area contributed by atoms with Gasteiger partial charge >= 0.3 is 0 Å². The third-order valence-electron chi connectivity index (χ3n) is 8.40. The number of rotatable bonds is 5. The summed E-state index contributed by atoms with van der Waals surface area (Å²) in [6.07, 6.45) is 7.22. The first-order valence-electron chi connectivity index (χ1n) is 14.8. The molecule has 8 nitrogen and oxygen atoms in total. The molecule has 0 aliphatic rings. The molecule has 0 saturated heterocycles. The van der Waals surface area contributed by atoms with Gasteiger partial charge in [-0.25, -0.2) is 14.5 Å². The number of aromatic nitrogens is 7. The smallest absolute Gasteiger partial charge is 0.244 e. The van der Waals surface area contributed by atoms with Gasteiger partial charge in [-0.05, 0) is 55.0 Å². The van der Waals surface area contributed by atoms with E-state index in [1.807, 2.05) is 78.6 Å². The van der Waals surface area contributed by atoms with Crippen LogP contribution in [-0.2, 0) is 7.05 Å². The molecule has 5 aromatic carbocycles. The zero-order chi connectivity index (χ0) is 30.1. The van der Waals surface area contributed by atoms with Crippen molar-refractivity contribution >= 4 is 38.9 Å². The molecule has 45 heavy (non-hydrogen) atoms. The number of benzene rings is 5. The number of ether oxygens (including phenoxy) is 1. The first kappa shape index (κ1) is 25.4. The van der Waals surface area contributed by atoms with Crippen LogP contribution in [0.15, 0.2) is 128 Å². The van der Waals surface area contributed by atoms with Gasteiger partial charge in [0, 0.05) is 24.1 Å². The Morgan fingerprint density at radius 3 is 2.40 bits per heavy atom. The Bertz CT molecular complexity index is 2550. The molecule has 0 unspecified atom stereocenters. The molecule has 0 saturated carbocycles.